The number of hydrogen-bond donors (Lipinski definition) is 1. The molecule has 1 N–H and O–H groups in total. The maximum absolute atomic E-state index is 11.8. The number of hydrogen-bond acceptors (Lipinski definition) is 6. The number of carbonyl (C=O) groups is 1. The highest BCUT2D eigenvalue weighted by atomic mass is 16.5. The first kappa shape index (κ1) is 17.9. The highest BCUT2D eigenvalue weighted by Crippen LogP contribution is 2.23. The van der Waals surface area contributed by atoms with Crippen molar-refractivity contribution in [3.8, 4) is 11.9 Å². The van der Waals surface area contributed by atoms with E-state index in [-0.39, 0.29) is 23.1 Å². The van der Waals surface area contributed by atoms with Crippen molar-refractivity contribution in [2.24, 2.45) is 0 Å². The molecule has 0 aliphatic carbocycles. The van der Waals surface area contributed by atoms with Gasteiger partial charge in [0, 0.05) is 18.8 Å². The van der Waals surface area contributed by atoms with E-state index in [1.807, 2.05) is 19.9 Å². The van der Waals surface area contributed by atoms with E-state index >= 15 is 0 Å². The van der Waals surface area contributed by atoms with Gasteiger partial charge in [-0.05, 0) is 25.8 Å². The van der Waals surface area contributed by atoms with Gasteiger partial charge in [0.2, 0.25) is 5.88 Å². The minimum Gasteiger partial charge on any atom is -0.472 e. The molecule has 2 heterocycles. The van der Waals surface area contributed by atoms with Crippen molar-refractivity contribution < 1.29 is 14.3 Å². The Morgan fingerprint density at radius 1 is 1.45 bits per heavy atom. The molecule has 0 aromatic carbocycles. The van der Waals surface area contributed by atoms with Crippen LogP contribution in [0.5, 0.6) is 5.88 Å². The topological polar surface area (TPSA) is 84.2 Å². The van der Waals surface area contributed by atoms with Gasteiger partial charge in [0.25, 0.3) is 0 Å². The molecule has 1 aromatic rings. The average molecular weight is 305 g/mol. The lowest BCUT2D eigenvalue weighted by Gasteiger charge is -2.28. The van der Waals surface area contributed by atoms with Crippen LogP contribution in [0.15, 0.2) is 12.3 Å². The molecule has 1 saturated heterocycles. The number of nitriles is 1. The zero-order chi connectivity index (χ0) is 16.5. The molecule has 0 radical (unpaired) electrons. The van der Waals surface area contributed by atoms with Gasteiger partial charge in [0.15, 0.2) is 0 Å². The molecule has 6 nitrogen and oxygen atoms in total. The smallest absolute Gasteiger partial charge is 0.344 e. The lowest BCUT2D eigenvalue weighted by atomic mass is 10.0. The summed E-state index contributed by atoms with van der Waals surface area (Å²) < 4.78 is 10.5. The highest BCUT2D eigenvalue weighted by Gasteiger charge is 2.24. The predicted octanol–water partition coefficient (Wildman–Crippen LogP) is 2.29. The van der Waals surface area contributed by atoms with Crippen molar-refractivity contribution in [1.82, 2.24) is 10.3 Å². The Hall–Kier alpha value is -2.13. The monoisotopic (exact) mass is 305 g/mol. The first-order chi connectivity index (χ1) is 10.7. The highest BCUT2D eigenvalue weighted by molar-refractivity contribution is 5.94. The van der Waals surface area contributed by atoms with Gasteiger partial charge < -0.3 is 14.8 Å². The molecule has 0 unspecified atom stereocenters. The van der Waals surface area contributed by atoms with Crippen molar-refractivity contribution in [2.45, 2.75) is 45.8 Å². The van der Waals surface area contributed by atoms with Crippen molar-refractivity contribution in [1.29, 1.82) is 5.26 Å². The maximum Gasteiger partial charge on any atom is 0.344 e. The van der Waals surface area contributed by atoms with Crippen LogP contribution in [0.25, 0.3) is 0 Å². The van der Waals surface area contributed by atoms with Gasteiger partial charge in [-0.3, -0.25) is 0 Å². The van der Waals surface area contributed by atoms with Crippen molar-refractivity contribution >= 4 is 5.97 Å². The number of methoxy groups -OCH3 is 1. The number of pyridine rings is 1. The molecular formula is C16H23N3O3. The third kappa shape index (κ3) is 4.43. The van der Waals surface area contributed by atoms with E-state index in [0.717, 1.165) is 12.8 Å². The van der Waals surface area contributed by atoms with E-state index in [1.165, 1.54) is 19.4 Å². The molecule has 2 atom stereocenters. The zero-order valence-electron chi connectivity index (χ0n) is 13.5. The molecule has 0 spiro atoms. The second-order valence-corrected chi connectivity index (χ2v) is 4.77. The molecule has 2 rings (SSSR count). The van der Waals surface area contributed by atoms with Crippen LogP contribution in [-0.4, -0.2) is 36.8 Å². The SMILES string of the molecule is CC.COC(=O)c1c(C#N)ccnc1O[C@@H]1CC[C@@H](C)NC1. The molecule has 120 valence electrons. The maximum atomic E-state index is 11.8. The van der Waals surface area contributed by atoms with E-state index in [9.17, 15) is 4.79 Å². The van der Waals surface area contributed by atoms with Crippen LogP contribution < -0.4 is 10.1 Å². The van der Waals surface area contributed by atoms with Gasteiger partial charge in [-0.2, -0.15) is 5.26 Å². The fourth-order valence-electron chi connectivity index (χ4n) is 2.16. The minimum atomic E-state index is -0.609. The van der Waals surface area contributed by atoms with Gasteiger partial charge in [-0.1, -0.05) is 13.8 Å². The summed E-state index contributed by atoms with van der Waals surface area (Å²) in [5.74, 6) is -0.445. The average Bonchev–Trinajstić information content (AvgIpc) is 2.57. The first-order valence-corrected chi connectivity index (χ1v) is 7.53. The number of nitrogens with one attached hydrogen (secondary N) is 1. The molecule has 1 aliphatic heterocycles. The van der Waals surface area contributed by atoms with Crippen LogP contribution in [0.4, 0.5) is 0 Å². The Bertz CT molecular complexity index is 532. The molecular weight excluding hydrogens is 282 g/mol. The Balaban J connectivity index is 0.00000116. The van der Waals surface area contributed by atoms with E-state index in [2.05, 4.69) is 17.2 Å². The molecule has 1 aliphatic rings. The van der Waals surface area contributed by atoms with Gasteiger partial charge >= 0.3 is 5.97 Å². The molecule has 0 amide bonds. The fourth-order valence-corrected chi connectivity index (χ4v) is 2.16. The minimum absolute atomic E-state index is 0.0592. The first-order valence-electron chi connectivity index (χ1n) is 7.53. The summed E-state index contributed by atoms with van der Waals surface area (Å²) in [6, 6.07) is 3.90. The summed E-state index contributed by atoms with van der Waals surface area (Å²) in [5.41, 5.74) is 0.301. The third-order valence-electron chi connectivity index (χ3n) is 3.32. The summed E-state index contributed by atoms with van der Waals surface area (Å²) in [6.07, 6.45) is 3.28. The van der Waals surface area contributed by atoms with E-state index in [1.54, 1.807) is 0 Å². The van der Waals surface area contributed by atoms with Crippen molar-refractivity contribution in [2.75, 3.05) is 13.7 Å². The summed E-state index contributed by atoms with van der Waals surface area (Å²) in [4.78, 5) is 15.9. The third-order valence-corrected chi connectivity index (χ3v) is 3.32. The summed E-state index contributed by atoms with van der Waals surface area (Å²) in [7, 11) is 1.27. The number of esters is 1. The molecule has 0 bridgehead atoms. The number of rotatable bonds is 3. The fraction of sp³-hybridized carbons (Fsp3) is 0.562. The molecule has 1 aromatic heterocycles. The zero-order valence-corrected chi connectivity index (χ0v) is 13.5. The normalized spacial score (nSPS) is 20.1. The Morgan fingerprint density at radius 2 is 2.18 bits per heavy atom. The number of piperidine rings is 1. The second-order valence-electron chi connectivity index (χ2n) is 4.77. The van der Waals surface area contributed by atoms with E-state index < -0.39 is 5.97 Å². The second kappa shape index (κ2) is 9.00. The van der Waals surface area contributed by atoms with E-state index in [0.29, 0.717) is 12.6 Å². The van der Waals surface area contributed by atoms with Gasteiger partial charge in [0.05, 0.1) is 12.7 Å². The van der Waals surface area contributed by atoms with E-state index in [4.69, 9.17) is 14.7 Å². The molecule has 0 saturated carbocycles. The number of carbonyl (C=O) groups excluding carboxylic acids is 1. The quantitative estimate of drug-likeness (QED) is 0.862. The molecule has 22 heavy (non-hydrogen) atoms. The van der Waals surface area contributed by atoms with Gasteiger partial charge in [-0.25, -0.2) is 9.78 Å². The van der Waals surface area contributed by atoms with Crippen LogP contribution in [0, 0.1) is 11.3 Å². The molecule has 6 heteroatoms. The van der Waals surface area contributed by atoms with Crippen LogP contribution in [-0.2, 0) is 4.74 Å². The van der Waals surface area contributed by atoms with Crippen LogP contribution in [0.2, 0.25) is 0 Å². The standard InChI is InChI=1S/C14H17N3O3.C2H6/c1-9-3-4-11(8-17-9)20-13-12(14(18)19-2)10(7-15)5-6-16-13;1-2/h5-6,9,11,17H,3-4,8H2,1-2H3;1-2H3/t9-,11-;/m1./s1. The lowest BCUT2D eigenvalue weighted by Crippen LogP contribution is -2.42. The van der Waals surface area contributed by atoms with Crippen LogP contribution >= 0.6 is 0 Å². The lowest BCUT2D eigenvalue weighted by molar-refractivity contribution is 0.0588. The summed E-state index contributed by atoms with van der Waals surface area (Å²) >= 11 is 0. The van der Waals surface area contributed by atoms with Crippen molar-refractivity contribution in [3.05, 3.63) is 23.4 Å². The number of ether oxygens (including phenoxy) is 2. The Labute approximate surface area is 131 Å². The van der Waals surface area contributed by atoms with Gasteiger partial charge in [-0.15, -0.1) is 0 Å². The summed E-state index contributed by atoms with van der Waals surface area (Å²) in [6.45, 7) is 6.81. The van der Waals surface area contributed by atoms with Crippen molar-refractivity contribution in [3.63, 3.8) is 0 Å². The molecule has 1 fully saturated rings. The van der Waals surface area contributed by atoms with Crippen LogP contribution in [0.3, 0.4) is 0 Å². The largest absolute Gasteiger partial charge is 0.472 e. The number of nitrogens with zero attached hydrogens (tertiary/aromatic N) is 2. The summed E-state index contributed by atoms with van der Waals surface area (Å²) in [5, 5.41) is 12.4. The number of aromatic nitrogens is 1. The van der Waals surface area contributed by atoms with Gasteiger partial charge in [0.1, 0.15) is 17.7 Å². The predicted molar refractivity (Wildman–Crippen MR) is 82.8 cm³/mol. The Kier molecular flexibility index (Phi) is 7.33. The van der Waals surface area contributed by atoms with Crippen LogP contribution in [0.1, 0.15) is 49.5 Å². The Morgan fingerprint density at radius 3 is 2.73 bits per heavy atom.